The van der Waals surface area contributed by atoms with Gasteiger partial charge in [-0.2, -0.15) is 0 Å². The van der Waals surface area contributed by atoms with Crippen LogP contribution in [0.3, 0.4) is 0 Å². The number of hydrogen-bond acceptors (Lipinski definition) is 2. The number of furan rings is 2. The molecule has 0 bridgehead atoms. The fourth-order valence-corrected chi connectivity index (χ4v) is 0.454. The standard InChI is InChI=1S/2C4H4O.C3H8/c2*1-2-4-5-3-1;1-3-2/h2*1-4H;3H2,1-2H3. The first-order chi connectivity index (χ1) is 6.41. The van der Waals surface area contributed by atoms with Gasteiger partial charge < -0.3 is 8.83 Å². The van der Waals surface area contributed by atoms with E-state index in [2.05, 4.69) is 22.7 Å². The summed E-state index contributed by atoms with van der Waals surface area (Å²) in [6, 6.07) is 7.33. The highest BCUT2D eigenvalue weighted by Gasteiger charge is 1.59. The molecule has 2 heterocycles. The molecule has 0 saturated heterocycles. The molecular formula is C11H16O2. The molecule has 13 heavy (non-hydrogen) atoms. The van der Waals surface area contributed by atoms with Crippen molar-refractivity contribution in [2.24, 2.45) is 0 Å². The molecule has 0 amide bonds. The van der Waals surface area contributed by atoms with Gasteiger partial charge in [0.15, 0.2) is 0 Å². The lowest BCUT2D eigenvalue weighted by molar-refractivity contribution is 0.567. The van der Waals surface area contributed by atoms with Crippen LogP contribution in [0, 0.1) is 0 Å². The Kier molecular flexibility index (Phi) is 9.39. The summed E-state index contributed by atoms with van der Waals surface area (Å²) >= 11 is 0. The molecule has 0 spiro atoms. The lowest BCUT2D eigenvalue weighted by Crippen LogP contribution is -1.27. The second-order valence-electron chi connectivity index (χ2n) is 2.29. The topological polar surface area (TPSA) is 26.3 Å². The highest BCUT2D eigenvalue weighted by atomic mass is 16.3. The molecule has 0 atom stereocenters. The van der Waals surface area contributed by atoms with Crippen molar-refractivity contribution < 1.29 is 8.83 Å². The summed E-state index contributed by atoms with van der Waals surface area (Å²) in [6.45, 7) is 4.25. The van der Waals surface area contributed by atoms with Crippen LogP contribution in [-0.2, 0) is 0 Å². The minimum Gasteiger partial charge on any atom is -0.473 e. The average Bonchev–Trinajstić information content (AvgIpc) is 2.85. The minimum atomic E-state index is 1.25. The normalized spacial score (nSPS) is 7.54. The van der Waals surface area contributed by atoms with Gasteiger partial charge >= 0.3 is 0 Å². The van der Waals surface area contributed by atoms with E-state index in [1.165, 1.54) is 6.42 Å². The first-order valence-corrected chi connectivity index (χ1v) is 4.36. The Morgan fingerprint density at radius 2 is 0.923 bits per heavy atom. The Hall–Kier alpha value is -1.44. The zero-order chi connectivity index (χ0) is 9.78. The van der Waals surface area contributed by atoms with E-state index < -0.39 is 0 Å². The van der Waals surface area contributed by atoms with Gasteiger partial charge in [-0.1, -0.05) is 20.3 Å². The van der Waals surface area contributed by atoms with Gasteiger partial charge in [0.2, 0.25) is 0 Å². The molecule has 0 unspecified atom stereocenters. The molecule has 0 fully saturated rings. The third-order valence-corrected chi connectivity index (χ3v) is 0.851. The van der Waals surface area contributed by atoms with Crippen LogP contribution in [0.15, 0.2) is 58.2 Å². The van der Waals surface area contributed by atoms with Crippen LogP contribution >= 0.6 is 0 Å². The van der Waals surface area contributed by atoms with Crippen molar-refractivity contribution in [1.82, 2.24) is 0 Å². The second-order valence-corrected chi connectivity index (χ2v) is 2.29. The summed E-state index contributed by atoms with van der Waals surface area (Å²) in [5, 5.41) is 0. The van der Waals surface area contributed by atoms with Crippen molar-refractivity contribution in [2.45, 2.75) is 20.3 Å². The van der Waals surface area contributed by atoms with E-state index in [-0.39, 0.29) is 0 Å². The molecule has 2 rings (SSSR count). The first-order valence-electron chi connectivity index (χ1n) is 4.36. The molecule has 0 saturated carbocycles. The van der Waals surface area contributed by atoms with Crippen molar-refractivity contribution >= 4 is 0 Å². The average molecular weight is 180 g/mol. The van der Waals surface area contributed by atoms with Gasteiger partial charge in [0.1, 0.15) is 0 Å². The molecule has 2 aromatic rings. The van der Waals surface area contributed by atoms with Gasteiger partial charge in [-0.15, -0.1) is 0 Å². The van der Waals surface area contributed by atoms with Crippen molar-refractivity contribution in [2.75, 3.05) is 0 Å². The van der Waals surface area contributed by atoms with E-state index in [1.807, 2.05) is 24.3 Å². The van der Waals surface area contributed by atoms with Crippen LogP contribution < -0.4 is 0 Å². The van der Waals surface area contributed by atoms with Crippen molar-refractivity contribution in [3.8, 4) is 0 Å². The minimum absolute atomic E-state index is 1.25. The van der Waals surface area contributed by atoms with E-state index in [9.17, 15) is 0 Å². The Bertz CT molecular complexity index is 160. The third kappa shape index (κ3) is 10.6. The highest BCUT2D eigenvalue weighted by molar-refractivity contribution is 4.79. The third-order valence-electron chi connectivity index (χ3n) is 0.851. The second kappa shape index (κ2) is 10.6. The Balaban J connectivity index is 0.000000174. The van der Waals surface area contributed by atoms with Gasteiger partial charge in [0.05, 0.1) is 25.1 Å². The molecule has 72 valence electrons. The van der Waals surface area contributed by atoms with Crippen molar-refractivity contribution in [3.63, 3.8) is 0 Å². The Morgan fingerprint density at radius 1 is 0.692 bits per heavy atom. The molecular weight excluding hydrogens is 164 g/mol. The first kappa shape index (κ1) is 11.6. The van der Waals surface area contributed by atoms with Gasteiger partial charge in [0, 0.05) is 0 Å². The monoisotopic (exact) mass is 180 g/mol. The maximum atomic E-state index is 4.58. The molecule has 0 aliphatic carbocycles. The van der Waals surface area contributed by atoms with E-state index >= 15 is 0 Å². The molecule has 2 nitrogen and oxygen atoms in total. The number of rotatable bonds is 0. The zero-order valence-corrected chi connectivity index (χ0v) is 8.14. The van der Waals surface area contributed by atoms with E-state index in [0.717, 1.165) is 0 Å². The quantitative estimate of drug-likeness (QED) is 0.613. The zero-order valence-electron chi connectivity index (χ0n) is 8.14. The van der Waals surface area contributed by atoms with Crippen LogP contribution in [0.25, 0.3) is 0 Å². The summed E-state index contributed by atoms with van der Waals surface area (Å²) in [4.78, 5) is 0. The van der Waals surface area contributed by atoms with Crippen molar-refractivity contribution in [3.05, 3.63) is 49.3 Å². The lowest BCUT2D eigenvalue weighted by Gasteiger charge is -1.50. The van der Waals surface area contributed by atoms with Crippen LogP contribution in [0.2, 0.25) is 0 Å². The van der Waals surface area contributed by atoms with Gasteiger partial charge in [-0.25, -0.2) is 0 Å². The van der Waals surface area contributed by atoms with Crippen molar-refractivity contribution in [1.29, 1.82) is 0 Å². The van der Waals surface area contributed by atoms with Crippen LogP contribution in [0.4, 0.5) is 0 Å². The predicted octanol–water partition coefficient (Wildman–Crippen LogP) is 3.98. The molecule has 0 aliphatic heterocycles. The van der Waals surface area contributed by atoms with Crippen LogP contribution in [0.5, 0.6) is 0 Å². The molecule has 0 radical (unpaired) electrons. The molecule has 0 aromatic carbocycles. The smallest absolute Gasteiger partial charge is 0.0902 e. The van der Waals surface area contributed by atoms with E-state index in [1.54, 1.807) is 25.1 Å². The summed E-state index contributed by atoms with van der Waals surface area (Å²) < 4.78 is 9.17. The largest absolute Gasteiger partial charge is 0.473 e. The van der Waals surface area contributed by atoms with Crippen LogP contribution in [-0.4, -0.2) is 0 Å². The molecule has 2 aromatic heterocycles. The molecule has 0 N–H and O–H groups in total. The van der Waals surface area contributed by atoms with Gasteiger partial charge in [-0.05, 0) is 24.3 Å². The Morgan fingerprint density at radius 3 is 1.00 bits per heavy atom. The summed E-state index contributed by atoms with van der Waals surface area (Å²) in [5.41, 5.74) is 0. The predicted molar refractivity (Wildman–Crippen MR) is 53.4 cm³/mol. The number of hydrogen-bond donors (Lipinski definition) is 0. The fraction of sp³-hybridized carbons (Fsp3) is 0.273. The summed E-state index contributed by atoms with van der Waals surface area (Å²) in [7, 11) is 0. The maximum absolute atomic E-state index is 4.58. The SMILES string of the molecule is CCC.c1ccoc1.c1ccoc1. The summed E-state index contributed by atoms with van der Waals surface area (Å²) in [6.07, 6.45) is 7.75. The lowest BCUT2D eigenvalue weighted by atomic mass is 10.6. The van der Waals surface area contributed by atoms with Gasteiger partial charge in [-0.3, -0.25) is 0 Å². The van der Waals surface area contributed by atoms with Gasteiger partial charge in [0.25, 0.3) is 0 Å². The summed E-state index contributed by atoms with van der Waals surface area (Å²) in [5.74, 6) is 0. The molecule has 0 aliphatic rings. The van der Waals surface area contributed by atoms with E-state index in [4.69, 9.17) is 0 Å². The molecule has 2 heteroatoms. The fourth-order valence-electron chi connectivity index (χ4n) is 0.454. The Labute approximate surface area is 79.2 Å². The van der Waals surface area contributed by atoms with Crippen LogP contribution in [0.1, 0.15) is 20.3 Å². The van der Waals surface area contributed by atoms with E-state index in [0.29, 0.717) is 0 Å². The highest BCUT2D eigenvalue weighted by Crippen LogP contribution is 1.80. The maximum Gasteiger partial charge on any atom is 0.0902 e.